The smallest absolute Gasteiger partial charge is 0.263 e. The van der Waals surface area contributed by atoms with E-state index in [1.807, 2.05) is 11.4 Å². The van der Waals surface area contributed by atoms with Crippen molar-refractivity contribution in [1.82, 2.24) is 10.2 Å². The van der Waals surface area contributed by atoms with Crippen LogP contribution in [0.2, 0.25) is 0 Å². The van der Waals surface area contributed by atoms with Crippen molar-refractivity contribution in [2.75, 3.05) is 13.1 Å². The fraction of sp³-hybridized carbons (Fsp3) is 0.368. The standard InChI is InChI=1S/C19H20F2N2O2S/c1-12(13-6-7-15(20)16(21)10-13)22-18(24)14-4-2-8-23(11-14)19(25)17-5-3-9-26-17/h3,5-7,9-10,12,14H,2,4,8,11H2,1H3,(H,22,24)/t12-,14-/m1/s1. The van der Waals surface area contributed by atoms with Gasteiger partial charge in [-0.3, -0.25) is 9.59 Å². The van der Waals surface area contributed by atoms with Crippen LogP contribution in [-0.2, 0) is 4.79 Å². The van der Waals surface area contributed by atoms with Gasteiger partial charge in [-0.05, 0) is 48.9 Å². The molecule has 1 aromatic heterocycles. The van der Waals surface area contributed by atoms with Gasteiger partial charge in [0.2, 0.25) is 5.91 Å². The second-order valence-electron chi connectivity index (χ2n) is 6.47. The minimum atomic E-state index is -0.936. The summed E-state index contributed by atoms with van der Waals surface area (Å²) < 4.78 is 26.4. The van der Waals surface area contributed by atoms with Gasteiger partial charge in [-0.2, -0.15) is 0 Å². The van der Waals surface area contributed by atoms with Gasteiger partial charge in [0.05, 0.1) is 16.8 Å². The lowest BCUT2D eigenvalue weighted by atomic mass is 9.96. The molecule has 1 fully saturated rings. The van der Waals surface area contributed by atoms with Gasteiger partial charge in [-0.15, -0.1) is 11.3 Å². The molecule has 2 amide bonds. The van der Waals surface area contributed by atoms with E-state index >= 15 is 0 Å². The highest BCUT2D eigenvalue weighted by molar-refractivity contribution is 7.12. The zero-order valence-corrected chi connectivity index (χ0v) is 15.2. The summed E-state index contributed by atoms with van der Waals surface area (Å²) >= 11 is 1.39. The number of carbonyl (C=O) groups is 2. The molecule has 0 saturated carbocycles. The van der Waals surface area contributed by atoms with Gasteiger partial charge in [0.1, 0.15) is 0 Å². The SMILES string of the molecule is C[C@@H](NC(=O)[C@@H]1CCCN(C(=O)c2cccs2)C1)c1ccc(F)c(F)c1. The molecule has 4 nitrogen and oxygen atoms in total. The van der Waals surface area contributed by atoms with E-state index in [-0.39, 0.29) is 17.7 Å². The Hall–Kier alpha value is -2.28. The first-order valence-corrected chi connectivity index (χ1v) is 9.42. The van der Waals surface area contributed by atoms with Crippen molar-refractivity contribution in [2.24, 2.45) is 5.92 Å². The third-order valence-corrected chi connectivity index (χ3v) is 5.47. The molecule has 1 aliphatic rings. The van der Waals surface area contributed by atoms with Crippen LogP contribution in [0.25, 0.3) is 0 Å². The first-order chi connectivity index (χ1) is 12.5. The molecule has 1 aliphatic heterocycles. The second kappa shape index (κ2) is 7.95. The summed E-state index contributed by atoms with van der Waals surface area (Å²) in [5, 5.41) is 4.70. The minimum Gasteiger partial charge on any atom is -0.349 e. The lowest BCUT2D eigenvalue weighted by Crippen LogP contribution is -2.45. The number of nitrogens with one attached hydrogen (secondary N) is 1. The van der Waals surface area contributed by atoms with E-state index in [9.17, 15) is 18.4 Å². The van der Waals surface area contributed by atoms with Gasteiger partial charge in [0.25, 0.3) is 5.91 Å². The average molecular weight is 378 g/mol. The van der Waals surface area contributed by atoms with Crippen molar-refractivity contribution in [1.29, 1.82) is 0 Å². The maximum atomic E-state index is 13.4. The monoisotopic (exact) mass is 378 g/mol. The van der Waals surface area contributed by atoms with Gasteiger partial charge in [-0.25, -0.2) is 8.78 Å². The number of hydrogen-bond acceptors (Lipinski definition) is 3. The quantitative estimate of drug-likeness (QED) is 0.881. The molecule has 138 valence electrons. The van der Waals surface area contributed by atoms with Crippen LogP contribution in [-0.4, -0.2) is 29.8 Å². The molecular formula is C19H20F2N2O2S. The lowest BCUT2D eigenvalue weighted by Gasteiger charge is -2.32. The molecule has 1 N–H and O–H groups in total. The van der Waals surface area contributed by atoms with Gasteiger partial charge in [-0.1, -0.05) is 12.1 Å². The minimum absolute atomic E-state index is 0.0499. The van der Waals surface area contributed by atoms with Gasteiger partial charge in [0.15, 0.2) is 11.6 Å². The highest BCUT2D eigenvalue weighted by Gasteiger charge is 2.30. The van der Waals surface area contributed by atoms with Crippen LogP contribution < -0.4 is 5.32 Å². The summed E-state index contributed by atoms with van der Waals surface area (Å²) in [7, 11) is 0. The predicted molar refractivity (Wildman–Crippen MR) is 95.9 cm³/mol. The van der Waals surface area contributed by atoms with Crippen molar-refractivity contribution < 1.29 is 18.4 Å². The van der Waals surface area contributed by atoms with Crippen LogP contribution in [0, 0.1) is 17.6 Å². The van der Waals surface area contributed by atoms with E-state index in [2.05, 4.69) is 5.32 Å². The molecule has 2 atom stereocenters. The summed E-state index contributed by atoms with van der Waals surface area (Å²) in [5.41, 5.74) is 0.500. The topological polar surface area (TPSA) is 49.4 Å². The van der Waals surface area contributed by atoms with Crippen molar-refractivity contribution in [3.63, 3.8) is 0 Å². The number of piperidine rings is 1. The molecule has 2 heterocycles. The Labute approximate surface area is 154 Å². The summed E-state index contributed by atoms with van der Waals surface area (Å²) in [6.45, 7) is 2.73. The number of nitrogens with zero attached hydrogens (tertiary/aromatic N) is 1. The third-order valence-electron chi connectivity index (χ3n) is 4.61. The second-order valence-corrected chi connectivity index (χ2v) is 7.42. The number of amides is 2. The van der Waals surface area contributed by atoms with Gasteiger partial charge >= 0.3 is 0 Å². The summed E-state index contributed by atoms with van der Waals surface area (Å²) in [5.74, 6) is -2.38. The number of carbonyl (C=O) groups excluding carboxylic acids is 2. The first kappa shape index (κ1) is 18.5. The molecule has 0 aliphatic carbocycles. The lowest BCUT2D eigenvalue weighted by molar-refractivity contribution is -0.127. The van der Waals surface area contributed by atoms with Gasteiger partial charge < -0.3 is 10.2 Å². The fourth-order valence-corrected chi connectivity index (χ4v) is 3.82. The largest absolute Gasteiger partial charge is 0.349 e. The Balaban J connectivity index is 1.62. The Morgan fingerprint density at radius 1 is 1.27 bits per heavy atom. The number of benzene rings is 1. The Morgan fingerprint density at radius 2 is 2.08 bits per heavy atom. The first-order valence-electron chi connectivity index (χ1n) is 8.54. The molecule has 0 radical (unpaired) electrons. The van der Waals surface area contributed by atoms with E-state index < -0.39 is 17.7 Å². The predicted octanol–water partition coefficient (Wildman–Crippen LogP) is 3.76. The van der Waals surface area contributed by atoms with E-state index in [0.29, 0.717) is 30.0 Å². The highest BCUT2D eigenvalue weighted by Crippen LogP contribution is 2.22. The molecule has 26 heavy (non-hydrogen) atoms. The van der Waals surface area contributed by atoms with Gasteiger partial charge in [0, 0.05) is 13.1 Å². The zero-order chi connectivity index (χ0) is 18.7. The molecule has 0 spiro atoms. The van der Waals surface area contributed by atoms with E-state index in [1.54, 1.807) is 17.9 Å². The summed E-state index contributed by atoms with van der Waals surface area (Å²) in [6.07, 6.45) is 1.46. The molecule has 1 saturated heterocycles. The van der Waals surface area contributed by atoms with Crippen LogP contribution >= 0.6 is 11.3 Å². The zero-order valence-electron chi connectivity index (χ0n) is 14.4. The maximum absolute atomic E-state index is 13.4. The van der Waals surface area contributed by atoms with Crippen LogP contribution in [0.5, 0.6) is 0 Å². The van der Waals surface area contributed by atoms with Crippen LogP contribution in [0.15, 0.2) is 35.7 Å². The highest BCUT2D eigenvalue weighted by atomic mass is 32.1. The summed E-state index contributed by atoms with van der Waals surface area (Å²) in [4.78, 5) is 27.4. The number of halogens is 2. The van der Waals surface area contributed by atoms with Crippen molar-refractivity contribution >= 4 is 23.2 Å². The number of rotatable bonds is 4. The molecule has 3 rings (SSSR count). The van der Waals surface area contributed by atoms with Crippen LogP contribution in [0.3, 0.4) is 0 Å². The molecule has 7 heteroatoms. The van der Waals surface area contributed by atoms with E-state index in [1.165, 1.54) is 17.4 Å². The molecule has 0 unspecified atom stereocenters. The number of hydrogen-bond donors (Lipinski definition) is 1. The van der Waals surface area contributed by atoms with Crippen molar-refractivity contribution in [3.05, 3.63) is 57.8 Å². The third kappa shape index (κ3) is 4.09. The molecule has 1 aromatic carbocycles. The fourth-order valence-electron chi connectivity index (χ4n) is 3.13. The van der Waals surface area contributed by atoms with Crippen LogP contribution in [0.1, 0.15) is 41.0 Å². The molecule has 2 aromatic rings. The van der Waals surface area contributed by atoms with Crippen molar-refractivity contribution in [3.8, 4) is 0 Å². The summed E-state index contributed by atoms with van der Waals surface area (Å²) in [6, 6.07) is 6.76. The van der Waals surface area contributed by atoms with Crippen molar-refractivity contribution in [2.45, 2.75) is 25.8 Å². The average Bonchev–Trinajstić information content (AvgIpc) is 3.18. The van der Waals surface area contributed by atoms with E-state index in [4.69, 9.17) is 0 Å². The Bertz CT molecular complexity index is 795. The maximum Gasteiger partial charge on any atom is 0.263 e. The number of likely N-dealkylation sites (tertiary alicyclic amines) is 1. The Morgan fingerprint density at radius 3 is 2.77 bits per heavy atom. The van der Waals surface area contributed by atoms with E-state index in [0.717, 1.165) is 18.6 Å². The normalized spacial score (nSPS) is 18.4. The van der Waals surface area contributed by atoms with Crippen LogP contribution in [0.4, 0.5) is 8.78 Å². The number of thiophene rings is 1. The molecular weight excluding hydrogens is 358 g/mol. The molecule has 0 bridgehead atoms. The Kier molecular flexibility index (Phi) is 5.66.